The Bertz CT molecular complexity index is 235. The van der Waals surface area contributed by atoms with Crippen molar-refractivity contribution in [1.82, 2.24) is 4.98 Å². The molecule has 0 aliphatic rings. The van der Waals surface area contributed by atoms with Crippen molar-refractivity contribution in [1.29, 1.82) is 0 Å². The summed E-state index contributed by atoms with van der Waals surface area (Å²) in [6, 6.07) is 3.97. The van der Waals surface area contributed by atoms with E-state index in [1.54, 1.807) is 0 Å². The number of hydrogen-bond acceptors (Lipinski definition) is 2. The van der Waals surface area contributed by atoms with E-state index in [4.69, 9.17) is 5.11 Å². The fraction of sp³-hybridized carbons (Fsp3) is 0.444. The van der Waals surface area contributed by atoms with Crippen molar-refractivity contribution in [3.05, 3.63) is 29.6 Å². The minimum atomic E-state index is -0.0385. The molecule has 2 nitrogen and oxygen atoms in total. The molecule has 0 saturated carbocycles. The van der Waals surface area contributed by atoms with E-state index in [2.05, 4.69) is 27.8 Å². The minimum Gasteiger partial charge on any atom is -0.395 e. The smallest absolute Gasteiger partial charge is 0.0798 e. The fourth-order valence-corrected chi connectivity index (χ4v) is 1.19. The Kier molecular flexibility index (Phi) is 3.69. The Morgan fingerprint density at radius 1 is 1.58 bits per heavy atom. The molecule has 0 saturated heterocycles. The van der Waals surface area contributed by atoms with Crippen molar-refractivity contribution in [2.24, 2.45) is 0 Å². The zero-order valence-corrected chi connectivity index (χ0v) is 8.58. The number of aromatic nitrogens is 1. The Morgan fingerprint density at radius 3 is 2.75 bits per heavy atom. The van der Waals surface area contributed by atoms with E-state index in [1.165, 1.54) is 5.56 Å². The number of rotatable bonds is 3. The first-order chi connectivity index (χ1) is 5.77. The van der Waals surface area contributed by atoms with Crippen LogP contribution >= 0.6 is 15.9 Å². The largest absolute Gasteiger partial charge is 0.395 e. The molecule has 0 aromatic carbocycles. The van der Waals surface area contributed by atoms with Gasteiger partial charge in [0, 0.05) is 6.20 Å². The molecule has 12 heavy (non-hydrogen) atoms. The van der Waals surface area contributed by atoms with E-state index in [1.807, 2.05) is 18.3 Å². The molecule has 1 heterocycles. The highest BCUT2D eigenvalue weighted by atomic mass is 79.9. The van der Waals surface area contributed by atoms with Crippen molar-refractivity contribution < 1.29 is 5.11 Å². The van der Waals surface area contributed by atoms with Crippen molar-refractivity contribution >= 4 is 15.9 Å². The summed E-state index contributed by atoms with van der Waals surface area (Å²) in [5.74, 6) is 0. The van der Waals surface area contributed by atoms with Crippen LogP contribution in [-0.2, 0) is 6.42 Å². The average molecular weight is 230 g/mol. The topological polar surface area (TPSA) is 33.1 Å². The number of aliphatic hydroxyl groups is 1. The minimum absolute atomic E-state index is 0.0385. The van der Waals surface area contributed by atoms with Crippen LogP contribution in [0.5, 0.6) is 0 Å². The van der Waals surface area contributed by atoms with Crippen LogP contribution in [0.15, 0.2) is 18.3 Å². The predicted molar refractivity (Wildman–Crippen MR) is 52.4 cm³/mol. The van der Waals surface area contributed by atoms with Gasteiger partial charge in [-0.05, 0) is 18.1 Å². The van der Waals surface area contributed by atoms with Gasteiger partial charge in [-0.25, -0.2) is 0 Å². The maximum absolute atomic E-state index is 8.83. The summed E-state index contributed by atoms with van der Waals surface area (Å²) in [6.45, 7) is 2.17. The van der Waals surface area contributed by atoms with Crippen molar-refractivity contribution in [2.45, 2.75) is 18.2 Å². The van der Waals surface area contributed by atoms with Gasteiger partial charge >= 0.3 is 0 Å². The van der Waals surface area contributed by atoms with Crippen molar-refractivity contribution in [3.8, 4) is 0 Å². The Hall–Kier alpha value is -0.410. The molecule has 0 fully saturated rings. The maximum Gasteiger partial charge on any atom is 0.0798 e. The van der Waals surface area contributed by atoms with Gasteiger partial charge in [0.25, 0.3) is 0 Å². The van der Waals surface area contributed by atoms with Gasteiger partial charge in [-0.1, -0.05) is 28.9 Å². The van der Waals surface area contributed by atoms with Crippen molar-refractivity contribution in [3.63, 3.8) is 0 Å². The third-order valence-corrected chi connectivity index (χ3v) is 2.50. The van der Waals surface area contributed by atoms with E-state index in [9.17, 15) is 0 Å². The molecule has 0 aliphatic heterocycles. The molecule has 1 rings (SSSR count). The van der Waals surface area contributed by atoms with Gasteiger partial charge in [0.1, 0.15) is 0 Å². The number of aryl methyl sites for hydroxylation is 1. The normalized spacial score (nSPS) is 12.9. The van der Waals surface area contributed by atoms with E-state index in [0.717, 1.165) is 12.1 Å². The summed E-state index contributed by atoms with van der Waals surface area (Å²) in [5, 5.41) is 8.83. The van der Waals surface area contributed by atoms with Gasteiger partial charge in [0.15, 0.2) is 0 Å². The van der Waals surface area contributed by atoms with Gasteiger partial charge in [-0.2, -0.15) is 0 Å². The molecular weight excluding hydrogens is 218 g/mol. The number of aliphatic hydroxyl groups excluding tert-OH is 1. The van der Waals surface area contributed by atoms with Crippen LogP contribution in [0.1, 0.15) is 23.0 Å². The zero-order valence-electron chi connectivity index (χ0n) is 7.00. The lowest BCUT2D eigenvalue weighted by atomic mass is 10.2. The first-order valence-corrected chi connectivity index (χ1v) is 4.89. The first-order valence-electron chi connectivity index (χ1n) is 3.97. The summed E-state index contributed by atoms with van der Waals surface area (Å²) in [5.41, 5.74) is 2.10. The van der Waals surface area contributed by atoms with E-state index in [0.29, 0.717) is 0 Å². The van der Waals surface area contributed by atoms with Crippen LogP contribution in [0, 0.1) is 0 Å². The maximum atomic E-state index is 8.83. The number of pyridine rings is 1. The summed E-state index contributed by atoms with van der Waals surface area (Å²) in [7, 11) is 0. The molecule has 66 valence electrons. The first kappa shape index (κ1) is 9.68. The van der Waals surface area contributed by atoms with Crippen LogP contribution in [0.4, 0.5) is 0 Å². The number of halogens is 1. The number of alkyl halides is 1. The molecule has 1 atom stereocenters. The van der Waals surface area contributed by atoms with Crippen LogP contribution < -0.4 is 0 Å². The molecule has 1 N–H and O–H groups in total. The van der Waals surface area contributed by atoms with Gasteiger partial charge in [-0.3, -0.25) is 4.98 Å². The number of nitrogens with zero attached hydrogens (tertiary/aromatic N) is 1. The molecular formula is C9H12BrNO. The lowest BCUT2D eigenvalue weighted by Crippen LogP contribution is -1.98. The summed E-state index contributed by atoms with van der Waals surface area (Å²) in [4.78, 5) is 4.17. The van der Waals surface area contributed by atoms with Crippen LogP contribution in [0.25, 0.3) is 0 Å². The third-order valence-electron chi connectivity index (χ3n) is 1.74. The van der Waals surface area contributed by atoms with E-state index >= 15 is 0 Å². The lowest BCUT2D eigenvalue weighted by molar-refractivity contribution is 0.297. The van der Waals surface area contributed by atoms with Crippen LogP contribution in [0.2, 0.25) is 0 Å². The Morgan fingerprint density at radius 2 is 2.33 bits per heavy atom. The number of hydrogen-bond donors (Lipinski definition) is 1. The third kappa shape index (κ3) is 2.29. The van der Waals surface area contributed by atoms with Gasteiger partial charge in [-0.15, -0.1) is 0 Å². The second-order valence-electron chi connectivity index (χ2n) is 2.59. The molecule has 0 aliphatic carbocycles. The highest BCUT2D eigenvalue weighted by molar-refractivity contribution is 9.09. The molecule has 1 unspecified atom stereocenters. The quantitative estimate of drug-likeness (QED) is 0.806. The van der Waals surface area contributed by atoms with Gasteiger partial charge in [0.2, 0.25) is 0 Å². The standard InChI is InChI=1S/C9H12BrNO/c1-2-7-3-4-9(11-5-7)8(10)6-12/h3-5,8,12H,2,6H2,1H3. The van der Waals surface area contributed by atoms with E-state index in [-0.39, 0.29) is 11.4 Å². The van der Waals surface area contributed by atoms with E-state index < -0.39 is 0 Å². The summed E-state index contributed by atoms with van der Waals surface area (Å²) < 4.78 is 0. The molecule has 0 spiro atoms. The molecule has 0 amide bonds. The average Bonchev–Trinajstić information content (AvgIpc) is 2.17. The second-order valence-corrected chi connectivity index (χ2v) is 3.70. The zero-order chi connectivity index (χ0) is 8.97. The second kappa shape index (κ2) is 4.58. The van der Waals surface area contributed by atoms with Gasteiger partial charge in [0.05, 0.1) is 17.1 Å². The lowest BCUT2D eigenvalue weighted by Gasteiger charge is -2.05. The Labute approximate surface area is 80.8 Å². The molecule has 0 bridgehead atoms. The SMILES string of the molecule is CCc1ccc(C(Br)CO)nc1. The van der Waals surface area contributed by atoms with Crippen LogP contribution in [-0.4, -0.2) is 16.7 Å². The molecule has 1 aromatic heterocycles. The van der Waals surface area contributed by atoms with Crippen LogP contribution in [0.3, 0.4) is 0 Å². The van der Waals surface area contributed by atoms with Crippen molar-refractivity contribution in [2.75, 3.05) is 6.61 Å². The molecule has 1 aromatic rings. The molecule has 0 radical (unpaired) electrons. The fourth-order valence-electron chi connectivity index (χ4n) is 0.924. The van der Waals surface area contributed by atoms with Gasteiger partial charge < -0.3 is 5.11 Å². The Balaban J connectivity index is 2.77. The highest BCUT2D eigenvalue weighted by Crippen LogP contribution is 2.19. The molecule has 3 heteroatoms. The summed E-state index contributed by atoms with van der Waals surface area (Å²) in [6.07, 6.45) is 2.85. The highest BCUT2D eigenvalue weighted by Gasteiger charge is 2.05. The summed E-state index contributed by atoms with van der Waals surface area (Å²) >= 11 is 3.32. The monoisotopic (exact) mass is 229 g/mol. The predicted octanol–water partition coefficient (Wildman–Crippen LogP) is 2.07.